The van der Waals surface area contributed by atoms with Crippen LogP contribution in [0.1, 0.15) is 29.0 Å². The highest BCUT2D eigenvalue weighted by molar-refractivity contribution is 7.09. The summed E-state index contributed by atoms with van der Waals surface area (Å²) in [6.45, 7) is 3.91. The fourth-order valence-electron chi connectivity index (χ4n) is 2.02. The first-order valence-corrected chi connectivity index (χ1v) is 7.60. The van der Waals surface area contributed by atoms with Crippen LogP contribution in [0.15, 0.2) is 28.1 Å². The zero-order valence-electron chi connectivity index (χ0n) is 11.8. The smallest absolute Gasteiger partial charge is 0.261 e. The molecule has 0 amide bonds. The van der Waals surface area contributed by atoms with E-state index in [2.05, 4.69) is 22.0 Å². The minimum atomic E-state index is 0.176. The molecule has 0 spiro atoms. The number of aromatic hydroxyl groups is 1. The van der Waals surface area contributed by atoms with Gasteiger partial charge in [0.05, 0.1) is 22.7 Å². The van der Waals surface area contributed by atoms with Gasteiger partial charge in [0.2, 0.25) is 0 Å². The number of aryl methyl sites for hydroxylation is 2. The second-order valence-corrected chi connectivity index (χ2v) is 5.69. The van der Waals surface area contributed by atoms with Crippen molar-refractivity contribution in [3.05, 3.63) is 45.7 Å². The predicted molar refractivity (Wildman–Crippen MR) is 80.4 cm³/mol. The van der Waals surface area contributed by atoms with Crippen molar-refractivity contribution in [1.82, 2.24) is 15.1 Å². The van der Waals surface area contributed by atoms with Crippen LogP contribution < -0.4 is 0 Å². The third kappa shape index (κ3) is 2.80. The van der Waals surface area contributed by atoms with E-state index < -0.39 is 0 Å². The van der Waals surface area contributed by atoms with Gasteiger partial charge in [-0.1, -0.05) is 24.2 Å². The molecule has 5 nitrogen and oxygen atoms in total. The lowest BCUT2D eigenvalue weighted by Gasteiger charge is -2.01. The topological polar surface area (TPSA) is 72.0 Å². The van der Waals surface area contributed by atoms with Gasteiger partial charge in [-0.25, -0.2) is 4.98 Å². The summed E-state index contributed by atoms with van der Waals surface area (Å²) in [5.74, 6) is 1.07. The summed E-state index contributed by atoms with van der Waals surface area (Å²) < 4.78 is 5.25. The first kappa shape index (κ1) is 13.8. The fraction of sp³-hybridized carbons (Fsp3) is 0.267. The van der Waals surface area contributed by atoms with Gasteiger partial charge in [-0.2, -0.15) is 4.98 Å². The number of aromatic nitrogens is 3. The highest BCUT2D eigenvalue weighted by atomic mass is 32.1. The highest BCUT2D eigenvalue weighted by Gasteiger charge is 2.15. The summed E-state index contributed by atoms with van der Waals surface area (Å²) in [6, 6.07) is 5.44. The third-order valence-corrected chi connectivity index (χ3v) is 4.22. The molecule has 0 saturated heterocycles. The highest BCUT2D eigenvalue weighted by Crippen LogP contribution is 2.30. The first-order chi connectivity index (χ1) is 10.2. The molecular weight excluding hydrogens is 286 g/mol. The summed E-state index contributed by atoms with van der Waals surface area (Å²) >= 11 is 1.64. The van der Waals surface area contributed by atoms with Crippen molar-refractivity contribution in [2.24, 2.45) is 0 Å². The molecule has 0 aliphatic carbocycles. The molecule has 3 aromatic rings. The fourth-order valence-corrected chi connectivity index (χ4v) is 2.77. The largest absolute Gasteiger partial charge is 0.507 e. The molecule has 0 unspecified atom stereocenters. The number of phenols is 1. The van der Waals surface area contributed by atoms with Crippen molar-refractivity contribution in [3.63, 3.8) is 0 Å². The molecule has 0 fully saturated rings. The Hall–Kier alpha value is -2.21. The molecule has 3 rings (SSSR count). The van der Waals surface area contributed by atoms with E-state index in [1.54, 1.807) is 17.4 Å². The molecule has 108 valence electrons. The molecular formula is C15H15N3O2S. The number of hydrogen-bond donors (Lipinski definition) is 1. The van der Waals surface area contributed by atoms with E-state index in [-0.39, 0.29) is 5.75 Å². The van der Waals surface area contributed by atoms with E-state index in [9.17, 15) is 5.11 Å². The van der Waals surface area contributed by atoms with E-state index in [1.807, 2.05) is 24.4 Å². The number of rotatable bonds is 4. The standard InChI is InChI=1S/C15H15N3O2S/c1-3-13-16-10(8-21-13)7-12-17-15(20-18-12)11-6-4-5-9(2)14(11)19/h4-6,8,19H,3,7H2,1-2H3. The van der Waals surface area contributed by atoms with Crippen molar-refractivity contribution >= 4 is 11.3 Å². The Morgan fingerprint density at radius 1 is 1.29 bits per heavy atom. The maximum absolute atomic E-state index is 10.0. The second-order valence-electron chi connectivity index (χ2n) is 4.75. The van der Waals surface area contributed by atoms with Gasteiger partial charge in [0.15, 0.2) is 5.82 Å². The molecule has 0 saturated carbocycles. The molecule has 0 aliphatic rings. The number of phenolic OH excluding ortho intramolecular Hbond substituents is 1. The van der Waals surface area contributed by atoms with Gasteiger partial charge in [0.25, 0.3) is 5.89 Å². The average Bonchev–Trinajstić information content (AvgIpc) is 3.12. The SMILES string of the molecule is CCc1nc(Cc2noc(-c3cccc(C)c3O)n2)cs1. The average molecular weight is 301 g/mol. The van der Waals surface area contributed by atoms with Gasteiger partial charge in [0, 0.05) is 5.38 Å². The normalized spacial score (nSPS) is 11.0. The van der Waals surface area contributed by atoms with Gasteiger partial charge in [-0.05, 0) is 25.0 Å². The molecule has 21 heavy (non-hydrogen) atoms. The van der Waals surface area contributed by atoms with Crippen LogP contribution in [0.2, 0.25) is 0 Å². The Bertz CT molecular complexity index is 764. The number of benzene rings is 1. The first-order valence-electron chi connectivity index (χ1n) is 6.72. The summed E-state index contributed by atoms with van der Waals surface area (Å²) in [6.07, 6.45) is 1.46. The Labute approximate surface area is 126 Å². The van der Waals surface area contributed by atoms with Crippen LogP contribution >= 0.6 is 11.3 Å². The Morgan fingerprint density at radius 3 is 2.90 bits per heavy atom. The molecule has 1 N–H and O–H groups in total. The molecule has 0 bridgehead atoms. The quantitative estimate of drug-likeness (QED) is 0.800. The zero-order valence-corrected chi connectivity index (χ0v) is 12.6. The van der Waals surface area contributed by atoms with Crippen molar-refractivity contribution in [2.45, 2.75) is 26.7 Å². The molecule has 2 heterocycles. The van der Waals surface area contributed by atoms with Gasteiger partial charge in [0.1, 0.15) is 5.75 Å². The number of hydrogen-bond acceptors (Lipinski definition) is 6. The lowest BCUT2D eigenvalue weighted by Crippen LogP contribution is -1.92. The monoisotopic (exact) mass is 301 g/mol. The van der Waals surface area contributed by atoms with E-state index in [0.717, 1.165) is 22.7 Å². The minimum absolute atomic E-state index is 0.176. The van der Waals surface area contributed by atoms with Crippen LogP contribution in [0.4, 0.5) is 0 Å². The van der Waals surface area contributed by atoms with Crippen molar-refractivity contribution < 1.29 is 9.63 Å². The van der Waals surface area contributed by atoms with Crippen molar-refractivity contribution in [2.75, 3.05) is 0 Å². The van der Waals surface area contributed by atoms with Crippen LogP contribution in [-0.2, 0) is 12.8 Å². The van der Waals surface area contributed by atoms with E-state index >= 15 is 0 Å². The Kier molecular flexibility index (Phi) is 3.70. The lowest BCUT2D eigenvalue weighted by molar-refractivity contribution is 0.418. The number of thiazole rings is 1. The predicted octanol–water partition coefficient (Wildman–Crippen LogP) is 3.36. The number of nitrogens with zero attached hydrogens (tertiary/aromatic N) is 3. The molecule has 6 heteroatoms. The van der Waals surface area contributed by atoms with E-state index in [0.29, 0.717) is 23.7 Å². The summed E-state index contributed by atoms with van der Waals surface area (Å²) in [4.78, 5) is 8.82. The molecule has 0 radical (unpaired) electrons. The Balaban J connectivity index is 1.84. The van der Waals surface area contributed by atoms with Crippen LogP contribution in [0, 0.1) is 6.92 Å². The van der Waals surface area contributed by atoms with Gasteiger partial charge in [-0.15, -0.1) is 11.3 Å². The van der Waals surface area contributed by atoms with E-state index in [4.69, 9.17) is 4.52 Å². The third-order valence-electron chi connectivity index (χ3n) is 3.18. The summed E-state index contributed by atoms with van der Waals surface area (Å²) in [7, 11) is 0. The zero-order chi connectivity index (χ0) is 14.8. The van der Waals surface area contributed by atoms with Crippen LogP contribution in [0.25, 0.3) is 11.5 Å². The van der Waals surface area contributed by atoms with E-state index in [1.165, 1.54) is 0 Å². The summed E-state index contributed by atoms with van der Waals surface area (Å²) in [5.41, 5.74) is 2.28. The van der Waals surface area contributed by atoms with Crippen LogP contribution in [-0.4, -0.2) is 20.2 Å². The maximum atomic E-state index is 10.0. The van der Waals surface area contributed by atoms with Gasteiger partial charge in [-0.3, -0.25) is 0 Å². The number of para-hydroxylation sites is 1. The van der Waals surface area contributed by atoms with Gasteiger partial charge >= 0.3 is 0 Å². The molecule has 0 atom stereocenters. The minimum Gasteiger partial charge on any atom is -0.507 e. The molecule has 0 aliphatic heterocycles. The van der Waals surface area contributed by atoms with Crippen molar-refractivity contribution in [3.8, 4) is 17.2 Å². The Morgan fingerprint density at radius 2 is 2.14 bits per heavy atom. The molecule has 2 aromatic heterocycles. The van der Waals surface area contributed by atoms with Crippen LogP contribution in [0.5, 0.6) is 5.75 Å². The lowest BCUT2D eigenvalue weighted by atomic mass is 10.1. The maximum Gasteiger partial charge on any atom is 0.261 e. The van der Waals surface area contributed by atoms with Crippen molar-refractivity contribution in [1.29, 1.82) is 0 Å². The van der Waals surface area contributed by atoms with Crippen LogP contribution in [0.3, 0.4) is 0 Å². The molecule has 1 aromatic carbocycles. The van der Waals surface area contributed by atoms with Gasteiger partial charge < -0.3 is 9.63 Å². The second kappa shape index (κ2) is 5.65. The summed E-state index contributed by atoms with van der Waals surface area (Å²) in [5, 5.41) is 17.1.